The minimum Gasteiger partial charge on any atom is -0.454 e. The molecule has 0 amide bonds. The third-order valence-electron chi connectivity index (χ3n) is 3.58. The molecule has 2 heterocycles. The molecule has 0 N–H and O–H groups in total. The molecule has 110 valence electrons. The molecule has 3 rings (SSSR count). The van der Waals surface area contributed by atoms with Crippen molar-refractivity contribution < 1.29 is 9.47 Å². The standard InChI is InChI=1S/C16H19N3O2/c1-16(2,3)15-18-11-8-13-14(21-10-20-13)9-12(11)19(15)7-5-4-6-17/h8-9H,4-5,7,10H2,1-3H3. The van der Waals surface area contributed by atoms with E-state index in [4.69, 9.17) is 19.7 Å². The smallest absolute Gasteiger partial charge is 0.231 e. The van der Waals surface area contributed by atoms with E-state index in [1.165, 1.54) is 0 Å². The van der Waals surface area contributed by atoms with Crippen LogP contribution in [0.15, 0.2) is 12.1 Å². The lowest BCUT2D eigenvalue weighted by molar-refractivity contribution is 0.174. The van der Waals surface area contributed by atoms with E-state index in [2.05, 4.69) is 31.4 Å². The van der Waals surface area contributed by atoms with Gasteiger partial charge in [0.05, 0.1) is 17.1 Å². The number of aryl methyl sites for hydroxylation is 1. The van der Waals surface area contributed by atoms with Gasteiger partial charge >= 0.3 is 0 Å². The van der Waals surface area contributed by atoms with Gasteiger partial charge in [0.15, 0.2) is 11.5 Å². The Labute approximate surface area is 124 Å². The SMILES string of the molecule is CC(C)(C)c1nc2cc3c(cc2n1CCCC#N)OCO3. The van der Waals surface area contributed by atoms with Crippen LogP contribution in [0.25, 0.3) is 11.0 Å². The lowest BCUT2D eigenvalue weighted by Crippen LogP contribution is -2.19. The van der Waals surface area contributed by atoms with E-state index < -0.39 is 0 Å². The fourth-order valence-corrected chi connectivity index (χ4v) is 2.63. The normalized spacial score (nSPS) is 13.6. The monoisotopic (exact) mass is 285 g/mol. The molecule has 0 radical (unpaired) electrons. The van der Waals surface area contributed by atoms with E-state index in [1.54, 1.807) is 0 Å². The molecule has 0 saturated carbocycles. The number of aromatic nitrogens is 2. The molecule has 21 heavy (non-hydrogen) atoms. The third-order valence-corrected chi connectivity index (χ3v) is 3.58. The van der Waals surface area contributed by atoms with Gasteiger partial charge in [-0.15, -0.1) is 0 Å². The van der Waals surface area contributed by atoms with Crippen LogP contribution in [0.4, 0.5) is 0 Å². The molecule has 0 saturated heterocycles. The maximum absolute atomic E-state index is 8.75. The maximum Gasteiger partial charge on any atom is 0.231 e. The van der Waals surface area contributed by atoms with Crippen LogP contribution in [0.2, 0.25) is 0 Å². The molecule has 0 unspecified atom stereocenters. The summed E-state index contributed by atoms with van der Waals surface area (Å²) in [5, 5.41) is 8.75. The Morgan fingerprint density at radius 1 is 1.29 bits per heavy atom. The van der Waals surface area contributed by atoms with Gasteiger partial charge < -0.3 is 14.0 Å². The van der Waals surface area contributed by atoms with Gasteiger partial charge in [0.25, 0.3) is 0 Å². The second-order valence-electron chi connectivity index (χ2n) is 6.29. The van der Waals surface area contributed by atoms with Gasteiger partial charge in [-0.1, -0.05) is 20.8 Å². The van der Waals surface area contributed by atoms with Crippen LogP contribution in [0.3, 0.4) is 0 Å². The quantitative estimate of drug-likeness (QED) is 0.811. The highest BCUT2D eigenvalue weighted by atomic mass is 16.7. The topological polar surface area (TPSA) is 60.1 Å². The minimum absolute atomic E-state index is 0.0577. The summed E-state index contributed by atoms with van der Waals surface area (Å²) in [7, 11) is 0. The first kappa shape index (κ1) is 13.7. The first-order valence-corrected chi connectivity index (χ1v) is 7.18. The van der Waals surface area contributed by atoms with Crippen LogP contribution in [-0.2, 0) is 12.0 Å². The Kier molecular flexibility index (Phi) is 3.25. The minimum atomic E-state index is -0.0577. The van der Waals surface area contributed by atoms with Crippen LogP contribution in [0.5, 0.6) is 11.5 Å². The highest BCUT2D eigenvalue weighted by molar-refractivity contribution is 5.81. The lowest BCUT2D eigenvalue weighted by Gasteiger charge is -2.20. The summed E-state index contributed by atoms with van der Waals surface area (Å²) in [6.45, 7) is 7.50. The van der Waals surface area contributed by atoms with Gasteiger partial charge in [0, 0.05) is 30.5 Å². The maximum atomic E-state index is 8.75. The molecule has 2 aromatic rings. The van der Waals surface area contributed by atoms with Crippen molar-refractivity contribution >= 4 is 11.0 Å². The van der Waals surface area contributed by atoms with Crippen molar-refractivity contribution in [2.24, 2.45) is 0 Å². The van der Waals surface area contributed by atoms with Crippen molar-refractivity contribution in [3.05, 3.63) is 18.0 Å². The zero-order valence-corrected chi connectivity index (χ0v) is 12.6. The fourth-order valence-electron chi connectivity index (χ4n) is 2.63. The van der Waals surface area contributed by atoms with Crippen molar-refractivity contribution in [2.45, 2.75) is 45.6 Å². The van der Waals surface area contributed by atoms with E-state index in [9.17, 15) is 0 Å². The van der Waals surface area contributed by atoms with Gasteiger partial charge in [-0.05, 0) is 6.42 Å². The fraction of sp³-hybridized carbons (Fsp3) is 0.500. The number of hydrogen-bond donors (Lipinski definition) is 0. The van der Waals surface area contributed by atoms with Gasteiger partial charge in [0.1, 0.15) is 5.82 Å². The average molecular weight is 285 g/mol. The number of fused-ring (bicyclic) bond motifs is 2. The Hall–Kier alpha value is -2.22. The van der Waals surface area contributed by atoms with Crippen molar-refractivity contribution in [1.82, 2.24) is 9.55 Å². The third kappa shape index (κ3) is 2.42. The van der Waals surface area contributed by atoms with Gasteiger partial charge in [-0.25, -0.2) is 4.98 Å². The number of imidazole rings is 1. The Morgan fingerprint density at radius 2 is 2.00 bits per heavy atom. The number of unbranched alkanes of at least 4 members (excludes halogenated alkanes) is 1. The first-order chi connectivity index (χ1) is 10.0. The molecule has 0 aliphatic carbocycles. The van der Waals surface area contributed by atoms with E-state index in [0.717, 1.165) is 41.3 Å². The molecule has 1 aromatic heterocycles. The Bertz CT molecular complexity index is 720. The molecular weight excluding hydrogens is 266 g/mol. The molecule has 5 nitrogen and oxygen atoms in total. The highest BCUT2D eigenvalue weighted by Crippen LogP contribution is 2.37. The summed E-state index contributed by atoms with van der Waals surface area (Å²) in [6, 6.07) is 6.13. The second kappa shape index (κ2) is 4.96. The first-order valence-electron chi connectivity index (χ1n) is 7.18. The molecular formula is C16H19N3O2. The number of hydrogen-bond acceptors (Lipinski definition) is 4. The van der Waals surface area contributed by atoms with Crippen LogP contribution in [0.1, 0.15) is 39.4 Å². The van der Waals surface area contributed by atoms with Crippen molar-refractivity contribution in [2.75, 3.05) is 6.79 Å². The van der Waals surface area contributed by atoms with E-state index >= 15 is 0 Å². The number of nitriles is 1. The van der Waals surface area contributed by atoms with E-state index in [-0.39, 0.29) is 12.2 Å². The summed E-state index contributed by atoms with van der Waals surface area (Å²) >= 11 is 0. The Balaban J connectivity index is 2.12. The molecule has 5 heteroatoms. The van der Waals surface area contributed by atoms with Crippen LogP contribution in [-0.4, -0.2) is 16.3 Å². The number of nitrogens with zero attached hydrogens (tertiary/aromatic N) is 3. The number of benzene rings is 1. The van der Waals surface area contributed by atoms with Gasteiger partial charge in [-0.3, -0.25) is 0 Å². The predicted molar refractivity (Wildman–Crippen MR) is 79.4 cm³/mol. The average Bonchev–Trinajstić information content (AvgIpc) is 3.00. The molecule has 1 aromatic carbocycles. The van der Waals surface area contributed by atoms with Gasteiger partial charge in [-0.2, -0.15) is 5.26 Å². The van der Waals surface area contributed by atoms with E-state index in [1.807, 2.05) is 12.1 Å². The molecule has 0 bridgehead atoms. The zero-order chi connectivity index (χ0) is 15.0. The van der Waals surface area contributed by atoms with Crippen molar-refractivity contribution in [3.8, 4) is 17.6 Å². The molecule has 0 atom stereocenters. The molecule has 0 fully saturated rings. The summed E-state index contributed by atoms with van der Waals surface area (Å²) in [5.41, 5.74) is 1.90. The van der Waals surface area contributed by atoms with Crippen LogP contribution in [0, 0.1) is 11.3 Å². The van der Waals surface area contributed by atoms with Crippen LogP contribution >= 0.6 is 0 Å². The van der Waals surface area contributed by atoms with Gasteiger partial charge in [0.2, 0.25) is 6.79 Å². The van der Waals surface area contributed by atoms with E-state index in [0.29, 0.717) is 6.42 Å². The number of rotatable bonds is 3. The summed E-state index contributed by atoms with van der Waals surface area (Å²) in [4.78, 5) is 4.78. The van der Waals surface area contributed by atoms with Crippen molar-refractivity contribution in [1.29, 1.82) is 5.26 Å². The molecule has 0 spiro atoms. The molecule has 1 aliphatic heterocycles. The van der Waals surface area contributed by atoms with Crippen molar-refractivity contribution in [3.63, 3.8) is 0 Å². The lowest BCUT2D eigenvalue weighted by atomic mass is 9.95. The number of ether oxygens (including phenoxy) is 2. The predicted octanol–water partition coefficient (Wildman–Crippen LogP) is 3.37. The highest BCUT2D eigenvalue weighted by Gasteiger charge is 2.25. The largest absolute Gasteiger partial charge is 0.454 e. The summed E-state index contributed by atoms with van der Waals surface area (Å²) in [6.07, 6.45) is 1.37. The second-order valence-corrected chi connectivity index (χ2v) is 6.29. The zero-order valence-electron chi connectivity index (χ0n) is 12.6. The molecule has 1 aliphatic rings. The Morgan fingerprint density at radius 3 is 2.67 bits per heavy atom. The summed E-state index contributed by atoms with van der Waals surface area (Å²) in [5.74, 6) is 2.55. The summed E-state index contributed by atoms with van der Waals surface area (Å²) < 4.78 is 13.1. The van der Waals surface area contributed by atoms with Crippen LogP contribution < -0.4 is 9.47 Å².